The van der Waals surface area contributed by atoms with E-state index in [1.807, 2.05) is 0 Å². The smallest absolute Gasteiger partial charge is 0.0230 e. The Labute approximate surface area is 112 Å². The van der Waals surface area contributed by atoms with Gasteiger partial charge < -0.3 is 10.2 Å². The summed E-state index contributed by atoms with van der Waals surface area (Å²) in [5, 5.41) is 3.53. The molecular weight excluding hydrogens is 220 g/mol. The number of benzene rings is 1. The highest BCUT2D eigenvalue weighted by molar-refractivity contribution is 5.14. The summed E-state index contributed by atoms with van der Waals surface area (Å²) in [5.41, 5.74) is 1.39. The molecule has 0 radical (unpaired) electrons. The lowest BCUT2D eigenvalue weighted by Gasteiger charge is -2.22. The minimum absolute atomic E-state index is 0.692. The highest BCUT2D eigenvalue weighted by Gasteiger charge is 2.07. The van der Waals surface area contributed by atoms with Crippen LogP contribution in [0.5, 0.6) is 0 Å². The minimum atomic E-state index is 0.692. The molecule has 0 spiro atoms. The van der Waals surface area contributed by atoms with Crippen molar-refractivity contribution >= 4 is 0 Å². The zero-order chi connectivity index (χ0) is 13.4. The fraction of sp³-hybridized carbons (Fsp3) is 0.625. The molecular formula is C16H28N2. The van der Waals surface area contributed by atoms with Gasteiger partial charge in [-0.1, -0.05) is 51.1 Å². The molecule has 1 aromatic rings. The van der Waals surface area contributed by atoms with Crippen LogP contribution in [0.25, 0.3) is 0 Å². The van der Waals surface area contributed by atoms with E-state index >= 15 is 0 Å². The molecule has 0 aliphatic rings. The van der Waals surface area contributed by atoms with Crippen molar-refractivity contribution in [2.24, 2.45) is 11.8 Å². The van der Waals surface area contributed by atoms with Crippen LogP contribution in [0.15, 0.2) is 30.3 Å². The predicted octanol–water partition coefficient (Wildman–Crippen LogP) is 3.00. The van der Waals surface area contributed by atoms with Crippen LogP contribution in [-0.4, -0.2) is 31.6 Å². The Balaban J connectivity index is 2.21. The molecule has 102 valence electrons. The van der Waals surface area contributed by atoms with Gasteiger partial charge in [-0.15, -0.1) is 0 Å². The average Bonchev–Trinajstić information content (AvgIpc) is 2.29. The van der Waals surface area contributed by atoms with E-state index in [0.29, 0.717) is 5.92 Å². The highest BCUT2D eigenvalue weighted by atomic mass is 15.1. The van der Waals surface area contributed by atoms with Crippen LogP contribution in [-0.2, 0) is 6.54 Å². The summed E-state index contributed by atoms with van der Waals surface area (Å²) < 4.78 is 0. The largest absolute Gasteiger partial charge is 0.316 e. The monoisotopic (exact) mass is 248 g/mol. The second-order valence-electron chi connectivity index (χ2n) is 5.84. The standard InChI is InChI=1S/C16H28N2/c1-14(2)10-17-11-15(3)12-18(4)13-16-8-6-5-7-9-16/h5-9,14-15,17H,10-13H2,1-4H3. The predicted molar refractivity (Wildman–Crippen MR) is 79.6 cm³/mol. The van der Waals surface area contributed by atoms with Crippen LogP contribution < -0.4 is 5.32 Å². The Hall–Kier alpha value is -0.860. The van der Waals surface area contributed by atoms with Gasteiger partial charge in [0.05, 0.1) is 0 Å². The quantitative estimate of drug-likeness (QED) is 0.761. The van der Waals surface area contributed by atoms with Crippen molar-refractivity contribution in [2.45, 2.75) is 27.3 Å². The van der Waals surface area contributed by atoms with Gasteiger partial charge in [0.15, 0.2) is 0 Å². The molecule has 0 saturated heterocycles. The van der Waals surface area contributed by atoms with Gasteiger partial charge in [-0.2, -0.15) is 0 Å². The summed E-state index contributed by atoms with van der Waals surface area (Å²) in [6.45, 7) is 11.2. The van der Waals surface area contributed by atoms with Gasteiger partial charge in [-0.25, -0.2) is 0 Å². The Kier molecular flexibility index (Phi) is 6.99. The van der Waals surface area contributed by atoms with Gasteiger partial charge >= 0.3 is 0 Å². The molecule has 18 heavy (non-hydrogen) atoms. The molecule has 0 saturated carbocycles. The third-order valence-electron chi connectivity index (χ3n) is 2.96. The molecule has 0 fully saturated rings. The molecule has 0 aliphatic carbocycles. The van der Waals surface area contributed by atoms with Crippen molar-refractivity contribution in [1.82, 2.24) is 10.2 Å². The van der Waals surface area contributed by atoms with Crippen LogP contribution in [0.3, 0.4) is 0 Å². The van der Waals surface area contributed by atoms with Crippen molar-refractivity contribution < 1.29 is 0 Å². The molecule has 1 aromatic carbocycles. The van der Waals surface area contributed by atoms with Crippen molar-refractivity contribution in [3.8, 4) is 0 Å². The summed E-state index contributed by atoms with van der Waals surface area (Å²) in [6, 6.07) is 10.7. The topological polar surface area (TPSA) is 15.3 Å². The molecule has 1 rings (SSSR count). The molecule has 2 heteroatoms. The summed E-state index contributed by atoms with van der Waals surface area (Å²) >= 11 is 0. The molecule has 0 bridgehead atoms. The average molecular weight is 248 g/mol. The highest BCUT2D eigenvalue weighted by Crippen LogP contribution is 2.05. The Bertz CT molecular complexity index is 308. The molecule has 0 aromatic heterocycles. The van der Waals surface area contributed by atoms with Gasteiger partial charge in [0.25, 0.3) is 0 Å². The van der Waals surface area contributed by atoms with Crippen LogP contribution in [0.2, 0.25) is 0 Å². The van der Waals surface area contributed by atoms with E-state index in [-0.39, 0.29) is 0 Å². The molecule has 1 atom stereocenters. The molecule has 0 amide bonds. The van der Waals surface area contributed by atoms with E-state index in [4.69, 9.17) is 0 Å². The molecule has 0 heterocycles. The number of nitrogens with zero attached hydrogens (tertiary/aromatic N) is 1. The van der Waals surface area contributed by atoms with Crippen LogP contribution in [0.4, 0.5) is 0 Å². The van der Waals surface area contributed by atoms with Gasteiger partial charge in [-0.3, -0.25) is 0 Å². The van der Waals surface area contributed by atoms with Crippen molar-refractivity contribution in [2.75, 3.05) is 26.7 Å². The number of hydrogen-bond donors (Lipinski definition) is 1. The molecule has 1 N–H and O–H groups in total. The SMILES string of the molecule is CC(C)CNCC(C)CN(C)Cc1ccccc1. The van der Waals surface area contributed by atoms with Gasteiger partial charge in [0.2, 0.25) is 0 Å². The van der Waals surface area contributed by atoms with E-state index in [2.05, 4.69) is 68.4 Å². The Morgan fingerprint density at radius 2 is 1.72 bits per heavy atom. The summed E-state index contributed by atoms with van der Waals surface area (Å²) in [7, 11) is 2.20. The first-order chi connectivity index (χ1) is 8.58. The lowest BCUT2D eigenvalue weighted by atomic mass is 10.1. The van der Waals surface area contributed by atoms with E-state index < -0.39 is 0 Å². The summed E-state index contributed by atoms with van der Waals surface area (Å²) in [6.07, 6.45) is 0. The zero-order valence-electron chi connectivity index (χ0n) is 12.3. The first-order valence-electron chi connectivity index (χ1n) is 7.01. The Morgan fingerprint density at radius 1 is 1.06 bits per heavy atom. The first kappa shape index (κ1) is 15.2. The van der Waals surface area contributed by atoms with E-state index in [1.165, 1.54) is 5.56 Å². The fourth-order valence-electron chi connectivity index (χ4n) is 2.17. The minimum Gasteiger partial charge on any atom is -0.316 e. The maximum atomic E-state index is 3.53. The lowest BCUT2D eigenvalue weighted by molar-refractivity contribution is 0.272. The Morgan fingerprint density at radius 3 is 2.33 bits per heavy atom. The van der Waals surface area contributed by atoms with Gasteiger partial charge in [0.1, 0.15) is 0 Å². The second kappa shape index (κ2) is 8.28. The maximum absolute atomic E-state index is 3.53. The van der Waals surface area contributed by atoms with Gasteiger partial charge in [0, 0.05) is 13.1 Å². The van der Waals surface area contributed by atoms with Crippen LogP contribution >= 0.6 is 0 Å². The second-order valence-corrected chi connectivity index (χ2v) is 5.84. The molecule has 0 aliphatic heterocycles. The number of rotatable bonds is 8. The van der Waals surface area contributed by atoms with E-state index in [9.17, 15) is 0 Å². The third kappa shape index (κ3) is 6.77. The van der Waals surface area contributed by atoms with Crippen molar-refractivity contribution in [3.63, 3.8) is 0 Å². The molecule has 1 unspecified atom stereocenters. The maximum Gasteiger partial charge on any atom is 0.0230 e. The third-order valence-corrected chi connectivity index (χ3v) is 2.96. The zero-order valence-corrected chi connectivity index (χ0v) is 12.3. The van der Waals surface area contributed by atoms with Crippen molar-refractivity contribution in [1.29, 1.82) is 0 Å². The molecule has 2 nitrogen and oxygen atoms in total. The summed E-state index contributed by atoms with van der Waals surface area (Å²) in [4.78, 5) is 2.40. The normalized spacial score (nSPS) is 13.2. The van der Waals surface area contributed by atoms with Gasteiger partial charge in [-0.05, 0) is 37.5 Å². The van der Waals surface area contributed by atoms with Crippen molar-refractivity contribution in [3.05, 3.63) is 35.9 Å². The number of nitrogens with one attached hydrogen (secondary N) is 1. The first-order valence-corrected chi connectivity index (χ1v) is 7.01. The number of hydrogen-bond acceptors (Lipinski definition) is 2. The van der Waals surface area contributed by atoms with E-state index in [0.717, 1.165) is 32.1 Å². The summed E-state index contributed by atoms with van der Waals surface area (Å²) in [5.74, 6) is 1.43. The van der Waals surface area contributed by atoms with Crippen LogP contribution in [0, 0.1) is 11.8 Å². The fourth-order valence-corrected chi connectivity index (χ4v) is 2.17. The lowest BCUT2D eigenvalue weighted by Crippen LogP contribution is -2.32. The van der Waals surface area contributed by atoms with Crippen LogP contribution in [0.1, 0.15) is 26.3 Å². The van der Waals surface area contributed by atoms with E-state index in [1.54, 1.807) is 0 Å².